The van der Waals surface area contributed by atoms with Crippen LogP contribution in [0.15, 0.2) is 23.0 Å². The largest absolute Gasteiger partial charge is 0.497 e. The van der Waals surface area contributed by atoms with Crippen LogP contribution in [0.1, 0.15) is 12.5 Å². The van der Waals surface area contributed by atoms with E-state index < -0.39 is 0 Å². The van der Waals surface area contributed by atoms with Gasteiger partial charge in [-0.05, 0) is 25.1 Å². The maximum absolute atomic E-state index is 12.3. The lowest BCUT2D eigenvalue weighted by Gasteiger charge is -2.10. The molecule has 96 valence electrons. The van der Waals surface area contributed by atoms with E-state index in [9.17, 15) is 4.79 Å². The molecule has 5 nitrogen and oxygen atoms in total. The Bertz CT molecular complexity index is 635. The zero-order valence-corrected chi connectivity index (χ0v) is 10.6. The summed E-state index contributed by atoms with van der Waals surface area (Å²) in [5.41, 5.74) is 1.95. The molecule has 0 saturated carbocycles. The summed E-state index contributed by atoms with van der Waals surface area (Å²) >= 11 is 0. The van der Waals surface area contributed by atoms with E-state index in [0.717, 1.165) is 36.3 Å². The molecule has 0 spiro atoms. The molecule has 0 radical (unpaired) electrons. The Kier molecular flexibility index (Phi) is 2.63. The van der Waals surface area contributed by atoms with Crippen molar-refractivity contribution in [2.45, 2.75) is 12.5 Å². The summed E-state index contributed by atoms with van der Waals surface area (Å²) < 4.78 is 8.80. The van der Waals surface area contributed by atoms with Gasteiger partial charge in [-0.3, -0.25) is 9.13 Å². The predicted octanol–water partition coefficient (Wildman–Crippen LogP) is 0.883. The molecule has 1 saturated heterocycles. The number of nitrogens with one attached hydrogen (secondary N) is 1. The highest BCUT2D eigenvalue weighted by molar-refractivity contribution is 5.78. The Morgan fingerprint density at radius 1 is 1.39 bits per heavy atom. The maximum Gasteiger partial charge on any atom is 0.329 e. The average Bonchev–Trinajstić information content (AvgIpc) is 2.98. The lowest BCUT2D eigenvalue weighted by atomic mass is 10.2. The number of fused-ring (bicyclic) bond motifs is 1. The van der Waals surface area contributed by atoms with Gasteiger partial charge in [0.05, 0.1) is 24.2 Å². The molecule has 5 heteroatoms. The van der Waals surface area contributed by atoms with Gasteiger partial charge in [0.1, 0.15) is 5.75 Å². The number of methoxy groups -OCH3 is 1. The van der Waals surface area contributed by atoms with Crippen molar-refractivity contribution in [1.29, 1.82) is 0 Å². The summed E-state index contributed by atoms with van der Waals surface area (Å²) in [5, 5.41) is 3.30. The Hall–Kier alpha value is -1.75. The third kappa shape index (κ3) is 1.54. The molecule has 1 atom stereocenters. The van der Waals surface area contributed by atoms with Crippen LogP contribution < -0.4 is 15.7 Å². The van der Waals surface area contributed by atoms with Crippen LogP contribution in [0.4, 0.5) is 0 Å². The van der Waals surface area contributed by atoms with Crippen LogP contribution in [0.25, 0.3) is 11.0 Å². The lowest BCUT2D eigenvalue weighted by Crippen LogP contribution is -2.27. The highest BCUT2D eigenvalue weighted by atomic mass is 16.5. The zero-order valence-electron chi connectivity index (χ0n) is 10.6. The van der Waals surface area contributed by atoms with Crippen molar-refractivity contribution in [2.24, 2.45) is 7.05 Å². The molecule has 1 N–H and O–H groups in total. The second-order valence-corrected chi connectivity index (χ2v) is 4.71. The van der Waals surface area contributed by atoms with E-state index in [-0.39, 0.29) is 11.7 Å². The van der Waals surface area contributed by atoms with Crippen LogP contribution >= 0.6 is 0 Å². The van der Waals surface area contributed by atoms with E-state index in [1.807, 2.05) is 29.8 Å². The van der Waals surface area contributed by atoms with E-state index in [1.165, 1.54) is 0 Å². The average molecular weight is 247 g/mol. The van der Waals surface area contributed by atoms with Crippen molar-refractivity contribution >= 4 is 11.0 Å². The fourth-order valence-electron chi connectivity index (χ4n) is 2.68. The van der Waals surface area contributed by atoms with Crippen LogP contribution in [0, 0.1) is 0 Å². The molecule has 1 aliphatic heterocycles. The molecule has 2 aromatic rings. The lowest BCUT2D eigenvalue weighted by molar-refractivity contribution is 0.415. The molecule has 1 fully saturated rings. The van der Waals surface area contributed by atoms with E-state index >= 15 is 0 Å². The number of aromatic nitrogens is 2. The monoisotopic (exact) mass is 247 g/mol. The maximum atomic E-state index is 12.3. The van der Waals surface area contributed by atoms with Crippen molar-refractivity contribution in [1.82, 2.24) is 14.5 Å². The predicted molar refractivity (Wildman–Crippen MR) is 70.3 cm³/mol. The summed E-state index contributed by atoms with van der Waals surface area (Å²) in [6, 6.07) is 6.04. The summed E-state index contributed by atoms with van der Waals surface area (Å²) in [7, 11) is 3.44. The summed E-state index contributed by atoms with van der Waals surface area (Å²) in [6.07, 6.45) is 1.01. The summed E-state index contributed by atoms with van der Waals surface area (Å²) in [6.45, 7) is 1.84. The number of imidazole rings is 1. The molecule has 0 bridgehead atoms. The zero-order chi connectivity index (χ0) is 12.7. The molecule has 0 amide bonds. The molecule has 3 rings (SSSR count). The smallest absolute Gasteiger partial charge is 0.329 e. The number of nitrogens with zero attached hydrogens (tertiary/aromatic N) is 2. The van der Waals surface area contributed by atoms with Crippen LogP contribution in [0.5, 0.6) is 5.75 Å². The van der Waals surface area contributed by atoms with E-state index in [1.54, 1.807) is 11.7 Å². The van der Waals surface area contributed by atoms with Crippen LogP contribution in [-0.4, -0.2) is 29.3 Å². The van der Waals surface area contributed by atoms with Crippen molar-refractivity contribution in [3.8, 4) is 5.75 Å². The van der Waals surface area contributed by atoms with Crippen molar-refractivity contribution in [3.05, 3.63) is 28.7 Å². The van der Waals surface area contributed by atoms with Gasteiger partial charge in [-0.2, -0.15) is 0 Å². The highest BCUT2D eigenvalue weighted by Crippen LogP contribution is 2.24. The number of hydrogen-bond acceptors (Lipinski definition) is 3. The van der Waals surface area contributed by atoms with Gasteiger partial charge in [-0.1, -0.05) is 0 Å². The minimum Gasteiger partial charge on any atom is -0.497 e. The Morgan fingerprint density at radius 2 is 2.22 bits per heavy atom. The molecule has 18 heavy (non-hydrogen) atoms. The standard InChI is InChI=1S/C13H17N3O2/c1-15-12-7-10(18-2)3-4-11(12)16(13(15)17)9-5-6-14-8-9/h3-4,7,9,14H,5-6,8H2,1-2H3. The topological polar surface area (TPSA) is 48.2 Å². The first-order valence-corrected chi connectivity index (χ1v) is 6.18. The second-order valence-electron chi connectivity index (χ2n) is 4.71. The van der Waals surface area contributed by atoms with Gasteiger partial charge >= 0.3 is 5.69 Å². The van der Waals surface area contributed by atoms with Gasteiger partial charge in [0.15, 0.2) is 0 Å². The van der Waals surface area contributed by atoms with E-state index in [0.29, 0.717) is 0 Å². The molecule has 2 heterocycles. The summed E-state index contributed by atoms with van der Waals surface area (Å²) in [5.74, 6) is 0.778. The minimum absolute atomic E-state index is 0.0481. The van der Waals surface area contributed by atoms with Gasteiger partial charge in [0, 0.05) is 19.7 Å². The minimum atomic E-state index is 0.0481. The van der Waals surface area contributed by atoms with Gasteiger partial charge in [0.25, 0.3) is 0 Å². The number of rotatable bonds is 2. The molecule has 1 aromatic carbocycles. The highest BCUT2D eigenvalue weighted by Gasteiger charge is 2.22. The van der Waals surface area contributed by atoms with Gasteiger partial charge in [-0.15, -0.1) is 0 Å². The van der Waals surface area contributed by atoms with Crippen LogP contribution in [0.2, 0.25) is 0 Å². The quantitative estimate of drug-likeness (QED) is 0.857. The third-order valence-electron chi connectivity index (χ3n) is 3.70. The molecule has 1 aliphatic rings. The number of aryl methyl sites for hydroxylation is 1. The SMILES string of the molecule is COc1ccc2c(c1)n(C)c(=O)n2C1CCNC1. The fourth-order valence-corrected chi connectivity index (χ4v) is 2.68. The summed E-state index contributed by atoms with van der Waals surface area (Å²) in [4.78, 5) is 12.3. The van der Waals surface area contributed by atoms with Gasteiger partial charge in [-0.25, -0.2) is 4.79 Å². The molecule has 0 aliphatic carbocycles. The Balaban J connectivity index is 2.25. The third-order valence-corrected chi connectivity index (χ3v) is 3.70. The fraction of sp³-hybridized carbons (Fsp3) is 0.462. The van der Waals surface area contributed by atoms with Crippen LogP contribution in [0.3, 0.4) is 0 Å². The van der Waals surface area contributed by atoms with Crippen molar-refractivity contribution in [3.63, 3.8) is 0 Å². The normalized spacial score (nSPS) is 19.6. The second kappa shape index (κ2) is 4.17. The number of benzene rings is 1. The van der Waals surface area contributed by atoms with E-state index in [2.05, 4.69) is 5.32 Å². The van der Waals surface area contributed by atoms with Crippen molar-refractivity contribution in [2.75, 3.05) is 20.2 Å². The van der Waals surface area contributed by atoms with E-state index in [4.69, 9.17) is 4.74 Å². The van der Waals surface area contributed by atoms with Crippen molar-refractivity contribution < 1.29 is 4.74 Å². The van der Waals surface area contributed by atoms with Gasteiger partial charge in [0.2, 0.25) is 0 Å². The molecule has 1 unspecified atom stereocenters. The molecular formula is C13H17N3O2. The Labute approximate surface area is 105 Å². The molecule has 1 aromatic heterocycles. The number of ether oxygens (including phenoxy) is 1. The number of hydrogen-bond donors (Lipinski definition) is 1. The first-order chi connectivity index (χ1) is 8.72. The first kappa shape index (κ1) is 11.3. The molecular weight excluding hydrogens is 230 g/mol. The first-order valence-electron chi connectivity index (χ1n) is 6.18. The Morgan fingerprint density at radius 3 is 2.89 bits per heavy atom. The van der Waals surface area contributed by atoms with Crippen LogP contribution in [-0.2, 0) is 7.05 Å². The van der Waals surface area contributed by atoms with Gasteiger partial charge < -0.3 is 10.1 Å².